The van der Waals surface area contributed by atoms with Gasteiger partial charge >= 0.3 is 0 Å². The molecule has 0 aromatic heterocycles. The maximum atomic E-state index is 13.4. The van der Waals surface area contributed by atoms with Gasteiger partial charge in [0, 0.05) is 36.8 Å². The van der Waals surface area contributed by atoms with Gasteiger partial charge in [-0.2, -0.15) is 4.31 Å². The topological polar surface area (TPSA) is 86.8 Å². The Morgan fingerprint density at radius 2 is 1.88 bits per heavy atom. The molecular weight excluding hydrogens is 450 g/mol. The highest BCUT2D eigenvalue weighted by atomic mass is 35.5. The van der Waals surface area contributed by atoms with Gasteiger partial charge in [0.15, 0.2) is 0 Å². The number of anilines is 1. The average molecular weight is 476 g/mol. The van der Waals surface area contributed by atoms with Crippen molar-refractivity contribution in [1.82, 2.24) is 9.62 Å². The molecular formula is C23H26ClN3O4S. The number of amides is 2. The Kier molecular flexibility index (Phi) is 6.29. The van der Waals surface area contributed by atoms with Crippen molar-refractivity contribution < 1.29 is 18.0 Å². The predicted molar refractivity (Wildman–Crippen MR) is 123 cm³/mol. The number of carbonyl (C=O) groups is 2. The summed E-state index contributed by atoms with van der Waals surface area (Å²) >= 11 is 5.89. The normalized spacial score (nSPS) is 20.9. The second kappa shape index (κ2) is 8.84. The van der Waals surface area contributed by atoms with Crippen LogP contribution in [0.4, 0.5) is 5.69 Å². The Morgan fingerprint density at radius 3 is 2.56 bits per heavy atom. The number of sulfonamides is 1. The molecule has 2 atom stereocenters. The van der Waals surface area contributed by atoms with Gasteiger partial charge in [-0.15, -0.1) is 0 Å². The van der Waals surface area contributed by atoms with Gasteiger partial charge in [-0.05, 0) is 67.6 Å². The van der Waals surface area contributed by atoms with Crippen molar-refractivity contribution in [2.75, 3.05) is 11.4 Å². The van der Waals surface area contributed by atoms with Crippen LogP contribution in [0, 0.1) is 0 Å². The van der Waals surface area contributed by atoms with Crippen molar-refractivity contribution in [3.05, 3.63) is 58.6 Å². The van der Waals surface area contributed by atoms with Gasteiger partial charge in [-0.1, -0.05) is 23.7 Å². The molecule has 2 aromatic rings. The lowest BCUT2D eigenvalue weighted by atomic mass is 10.1. The lowest BCUT2D eigenvalue weighted by Crippen LogP contribution is -2.45. The van der Waals surface area contributed by atoms with Gasteiger partial charge in [0.05, 0.1) is 4.90 Å². The van der Waals surface area contributed by atoms with Crippen LogP contribution in [0.2, 0.25) is 5.02 Å². The molecule has 0 aliphatic carbocycles. The summed E-state index contributed by atoms with van der Waals surface area (Å²) in [6.07, 6.45) is 1.70. The van der Waals surface area contributed by atoms with Crippen molar-refractivity contribution in [3.8, 4) is 0 Å². The molecule has 170 valence electrons. The fraction of sp³-hybridized carbons (Fsp3) is 0.391. The summed E-state index contributed by atoms with van der Waals surface area (Å²) in [7, 11) is -3.85. The van der Waals surface area contributed by atoms with Crippen molar-refractivity contribution in [2.45, 2.75) is 56.6 Å². The standard InChI is InChI=1S/C23H26ClN3O4S/c1-15-12-18-13-20(9-10-21(18)27(15)16(2)28)32(30,31)26-11-3-4-22(26)23(29)25-14-17-5-7-19(24)8-6-17/h5-10,13,15,22H,3-4,11-12,14H2,1-2H3,(H,25,29). The van der Waals surface area contributed by atoms with Crippen LogP contribution in [0.5, 0.6) is 0 Å². The molecule has 1 saturated heterocycles. The number of hydrogen-bond donors (Lipinski definition) is 1. The summed E-state index contributed by atoms with van der Waals surface area (Å²) in [6.45, 7) is 4.05. The molecule has 2 unspecified atom stereocenters. The van der Waals surface area contributed by atoms with E-state index in [1.165, 1.54) is 17.3 Å². The number of nitrogens with one attached hydrogen (secondary N) is 1. The zero-order valence-corrected chi connectivity index (χ0v) is 19.6. The molecule has 2 aliphatic heterocycles. The van der Waals surface area contributed by atoms with E-state index in [1.54, 1.807) is 29.2 Å². The second-order valence-corrected chi connectivity index (χ2v) is 10.7. The molecule has 2 aromatic carbocycles. The van der Waals surface area contributed by atoms with E-state index in [-0.39, 0.29) is 22.8 Å². The molecule has 9 heteroatoms. The first-order valence-corrected chi connectivity index (χ1v) is 12.5. The minimum absolute atomic E-state index is 0.0152. The van der Waals surface area contributed by atoms with E-state index in [4.69, 9.17) is 11.6 Å². The average Bonchev–Trinajstić information content (AvgIpc) is 3.37. The first-order valence-electron chi connectivity index (χ1n) is 10.6. The Morgan fingerprint density at radius 1 is 1.16 bits per heavy atom. The summed E-state index contributed by atoms with van der Waals surface area (Å²) in [5.74, 6) is -0.373. The largest absolute Gasteiger partial charge is 0.351 e. The Balaban J connectivity index is 1.52. The third kappa shape index (κ3) is 4.27. The van der Waals surface area contributed by atoms with E-state index in [2.05, 4.69) is 5.32 Å². The predicted octanol–water partition coefficient (Wildman–Crippen LogP) is 3.11. The summed E-state index contributed by atoms with van der Waals surface area (Å²) < 4.78 is 28.1. The van der Waals surface area contributed by atoms with Gasteiger partial charge in [0.25, 0.3) is 0 Å². The van der Waals surface area contributed by atoms with Crippen LogP contribution < -0.4 is 10.2 Å². The third-order valence-corrected chi connectivity index (χ3v) is 8.25. The van der Waals surface area contributed by atoms with E-state index in [0.717, 1.165) is 16.8 Å². The second-order valence-electron chi connectivity index (χ2n) is 8.35. The van der Waals surface area contributed by atoms with Crippen molar-refractivity contribution in [1.29, 1.82) is 0 Å². The minimum atomic E-state index is -3.85. The first kappa shape index (κ1) is 22.8. The van der Waals surface area contributed by atoms with Gasteiger partial charge in [0.2, 0.25) is 21.8 Å². The molecule has 2 amide bonds. The van der Waals surface area contributed by atoms with Crippen molar-refractivity contribution >= 4 is 39.1 Å². The van der Waals surface area contributed by atoms with Gasteiger partial charge in [-0.25, -0.2) is 8.42 Å². The zero-order chi connectivity index (χ0) is 23.0. The fourth-order valence-electron chi connectivity index (χ4n) is 4.58. The molecule has 0 bridgehead atoms. The number of fused-ring (bicyclic) bond motifs is 1. The molecule has 4 rings (SSSR count). The fourth-order valence-corrected chi connectivity index (χ4v) is 6.42. The highest BCUT2D eigenvalue weighted by Crippen LogP contribution is 2.35. The summed E-state index contributed by atoms with van der Waals surface area (Å²) in [4.78, 5) is 26.6. The maximum Gasteiger partial charge on any atom is 0.243 e. The molecule has 1 fully saturated rings. The number of hydrogen-bond acceptors (Lipinski definition) is 4. The molecule has 0 radical (unpaired) electrons. The van der Waals surface area contributed by atoms with Crippen LogP contribution in [-0.4, -0.2) is 43.2 Å². The Labute approximate surface area is 193 Å². The van der Waals surface area contributed by atoms with Gasteiger partial charge in [-0.3, -0.25) is 9.59 Å². The van der Waals surface area contributed by atoms with E-state index < -0.39 is 16.1 Å². The van der Waals surface area contributed by atoms with Crippen LogP contribution >= 0.6 is 11.6 Å². The van der Waals surface area contributed by atoms with Crippen LogP contribution in [0.15, 0.2) is 47.4 Å². The van der Waals surface area contributed by atoms with Crippen LogP contribution in [0.3, 0.4) is 0 Å². The molecule has 2 heterocycles. The number of carbonyl (C=O) groups excluding carboxylic acids is 2. The number of benzene rings is 2. The lowest BCUT2D eigenvalue weighted by Gasteiger charge is -2.24. The van der Waals surface area contributed by atoms with Crippen LogP contribution in [0.25, 0.3) is 0 Å². The summed E-state index contributed by atoms with van der Waals surface area (Å²) in [5.41, 5.74) is 2.47. The van der Waals surface area contributed by atoms with Gasteiger partial charge in [0.1, 0.15) is 6.04 Å². The lowest BCUT2D eigenvalue weighted by molar-refractivity contribution is -0.124. The number of nitrogens with zero attached hydrogens (tertiary/aromatic N) is 2. The quantitative estimate of drug-likeness (QED) is 0.719. The zero-order valence-electron chi connectivity index (χ0n) is 18.0. The third-order valence-electron chi connectivity index (χ3n) is 6.10. The van der Waals surface area contributed by atoms with Crippen LogP contribution in [-0.2, 0) is 32.6 Å². The molecule has 7 nitrogen and oxygen atoms in total. The summed E-state index contributed by atoms with van der Waals surface area (Å²) in [5, 5.41) is 3.46. The summed E-state index contributed by atoms with van der Waals surface area (Å²) in [6, 6.07) is 11.2. The monoisotopic (exact) mass is 475 g/mol. The maximum absolute atomic E-state index is 13.4. The smallest absolute Gasteiger partial charge is 0.243 e. The molecule has 32 heavy (non-hydrogen) atoms. The van der Waals surface area contributed by atoms with E-state index >= 15 is 0 Å². The van der Waals surface area contributed by atoms with Crippen LogP contribution in [0.1, 0.15) is 37.8 Å². The minimum Gasteiger partial charge on any atom is -0.351 e. The van der Waals surface area contributed by atoms with E-state index in [1.807, 2.05) is 19.1 Å². The molecule has 0 spiro atoms. The molecule has 1 N–H and O–H groups in total. The SMILES string of the molecule is CC(=O)N1c2ccc(S(=O)(=O)N3CCCC3C(=O)NCc3ccc(Cl)cc3)cc2CC1C. The highest BCUT2D eigenvalue weighted by Gasteiger charge is 2.40. The molecule has 0 saturated carbocycles. The Bertz CT molecular complexity index is 1150. The number of halogens is 1. The number of rotatable bonds is 5. The van der Waals surface area contributed by atoms with Crippen molar-refractivity contribution in [3.63, 3.8) is 0 Å². The first-order chi connectivity index (χ1) is 15.2. The van der Waals surface area contributed by atoms with Crippen molar-refractivity contribution in [2.24, 2.45) is 0 Å². The molecule has 2 aliphatic rings. The Hall–Kier alpha value is -2.42. The van der Waals surface area contributed by atoms with E-state index in [0.29, 0.717) is 37.4 Å². The highest BCUT2D eigenvalue weighted by molar-refractivity contribution is 7.89. The van der Waals surface area contributed by atoms with E-state index in [9.17, 15) is 18.0 Å². The van der Waals surface area contributed by atoms with Gasteiger partial charge < -0.3 is 10.2 Å².